The van der Waals surface area contributed by atoms with Crippen molar-refractivity contribution in [3.05, 3.63) is 26.7 Å². The number of nitrogens with one attached hydrogen (secondary N) is 1. The van der Waals surface area contributed by atoms with Gasteiger partial charge < -0.3 is 11.1 Å². The van der Waals surface area contributed by atoms with Crippen molar-refractivity contribution in [2.45, 2.75) is 33.2 Å². The highest BCUT2D eigenvalue weighted by Crippen LogP contribution is 2.23. The van der Waals surface area contributed by atoms with Crippen molar-refractivity contribution in [2.24, 2.45) is 5.73 Å². The zero-order valence-corrected chi connectivity index (χ0v) is 12.7. The molecule has 2 heterocycles. The van der Waals surface area contributed by atoms with Crippen LogP contribution < -0.4 is 11.1 Å². The van der Waals surface area contributed by atoms with Crippen molar-refractivity contribution in [3.63, 3.8) is 0 Å². The first-order valence-corrected chi connectivity index (χ1v) is 7.65. The van der Waals surface area contributed by atoms with E-state index >= 15 is 0 Å². The van der Waals surface area contributed by atoms with Crippen LogP contribution in [-0.2, 0) is 11.2 Å². The number of amides is 1. The van der Waals surface area contributed by atoms with Crippen LogP contribution >= 0.6 is 22.7 Å². The molecule has 1 amide bonds. The molecule has 0 aliphatic heterocycles. The van der Waals surface area contributed by atoms with Gasteiger partial charge in [-0.25, -0.2) is 9.97 Å². The first-order chi connectivity index (χ1) is 9.01. The Bertz CT molecular complexity index is 571. The lowest BCUT2D eigenvalue weighted by molar-refractivity contribution is -0.117. The molecule has 0 aliphatic carbocycles. The minimum Gasteiger partial charge on any atom is -0.315 e. The summed E-state index contributed by atoms with van der Waals surface area (Å²) in [5, 5.41) is 6.14. The molecule has 2 rings (SSSR count). The third-order valence-electron chi connectivity index (χ3n) is 2.73. The normalized spacial score (nSPS) is 12.4. The highest BCUT2D eigenvalue weighted by Gasteiger charge is 2.20. The topological polar surface area (TPSA) is 80.9 Å². The maximum Gasteiger partial charge on any atom is 0.249 e. The monoisotopic (exact) mass is 296 g/mol. The molecule has 0 radical (unpaired) electrons. The Labute approximate surface area is 119 Å². The molecule has 1 atom stereocenters. The third-order valence-corrected chi connectivity index (χ3v) is 4.73. The van der Waals surface area contributed by atoms with Crippen molar-refractivity contribution in [2.75, 3.05) is 5.32 Å². The molecule has 0 saturated carbocycles. The number of aromatic nitrogens is 2. The van der Waals surface area contributed by atoms with Gasteiger partial charge in [-0.15, -0.1) is 22.7 Å². The Morgan fingerprint density at radius 3 is 2.74 bits per heavy atom. The molecule has 2 aromatic rings. The van der Waals surface area contributed by atoms with E-state index in [1.807, 2.05) is 26.2 Å². The molecule has 2 aromatic heterocycles. The van der Waals surface area contributed by atoms with Crippen LogP contribution in [0.5, 0.6) is 0 Å². The summed E-state index contributed by atoms with van der Waals surface area (Å²) >= 11 is 2.97. The summed E-state index contributed by atoms with van der Waals surface area (Å²) in [5.41, 5.74) is 7.45. The van der Waals surface area contributed by atoms with E-state index in [4.69, 9.17) is 5.73 Å². The summed E-state index contributed by atoms with van der Waals surface area (Å²) in [6.07, 6.45) is 0.851. The minimum absolute atomic E-state index is 0.276. The van der Waals surface area contributed by atoms with Gasteiger partial charge in [0.1, 0.15) is 6.04 Å². The Balaban J connectivity index is 2.06. The number of carbonyl (C=O) groups is 1. The summed E-state index contributed by atoms with van der Waals surface area (Å²) in [4.78, 5) is 21.7. The molecule has 102 valence electrons. The Morgan fingerprint density at radius 2 is 2.21 bits per heavy atom. The number of rotatable bonds is 4. The number of hydrogen-bond donors (Lipinski definition) is 2. The van der Waals surface area contributed by atoms with E-state index in [1.54, 1.807) is 0 Å². The lowest BCUT2D eigenvalue weighted by Gasteiger charge is -2.07. The van der Waals surface area contributed by atoms with E-state index in [2.05, 4.69) is 15.3 Å². The second-order valence-electron chi connectivity index (χ2n) is 4.15. The summed E-state index contributed by atoms with van der Waals surface area (Å²) in [6, 6.07) is -0.749. The number of nitrogens with zero attached hydrogens (tertiary/aromatic N) is 2. The van der Waals surface area contributed by atoms with E-state index in [1.165, 1.54) is 22.7 Å². The summed E-state index contributed by atoms with van der Waals surface area (Å²) < 4.78 is 0. The van der Waals surface area contributed by atoms with Crippen molar-refractivity contribution in [3.8, 4) is 0 Å². The third kappa shape index (κ3) is 3.17. The highest BCUT2D eigenvalue weighted by molar-refractivity contribution is 7.15. The minimum atomic E-state index is -0.749. The summed E-state index contributed by atoms with van der Waals surface area (Å²) in [7, 11) is 0. The van der Waals surface area contributed by atoms with Gasteiger partial charge in [-0.3, -0.25) is 4.79 Å². The number of thiazole rings is 2. The zero-order chi connectivity index (χ0) is 14.0. The van der Waals surface area contributed by atoms with Crippen LogP contribution in [0.2, 0.25) is 0 Å². The lowest BCUT2D eigenvalue weighted by Crippen LogP contribution is -2.28. The van der Waals surface area contributed by atoms with Gasteiger partial charge in [0.15, 0.2) is 5.13 Å². The van der Waals surface area contributed by atoms with Crippen molar-refractivity contribution in [1.82, 2.24) is 9.97 Å². The molecule has 3 N–H and O–H groups in total. The average Bonchev–Trinajstić information content (AvgIpc) is 2.96. The number of aryl methyl sites for hydroxylation is 3. The largest absolute Gasteiger partial charge is 0.315 e. The van der Waals surface area contributed by atoms with Crippen LogP contribution in [0.15, 0.2) is 5.38 Å². The van der Waals surface area contributed by atoms with E-state index in [0.717, 1.165) is 22.0 Å². The first kappa shape index (κ1) is 14.1. The first-order valence-electron chi connectivity index (χ1n) is 5.96. The predicted molar refractivity (Wildman–Crippen MR) is 78.6 cm³/mol. The zero-order valence-electron chi connectivity index (χ0n) is 11.1. The Morgan fingerprint density at radius 1 is 1.47 bits per heavy atom. The van der Waals surface area contributed by atoms with Gasteiger partial charge >= 0.3 is 0 Å². The van der Waals surface area contributed by atoms with Crippen LogP contribution in [0.3, 0.4) is 0 Å². The van der Waals surface area contributed by atoms with Crippen molar-refractivity contribution >= 4 is 33.7 Å². The maximum absolute atomic E-state index is 12.0. The van der Waals surface area contributed by atoms with Gasteiger partial charge in [0.2, 0.25) is 5.91 Å². The van der Waals surface area contributed by atoms with Gasteiger partial charge in [-0.05, 0) is 20.3 Å². The van der Waals surface area contributed by atoms with Gasteiger partial charge in [0, 0.05) is 10.3 Å². The molecule has 0 aliphatic rings. The van der Waals surface area contributed by atoms with Gasteiger partial charge in [-0.1, -0.05) is 6.92 Å². The molecule has 0 fully saturated rings. The van der Waals surface area contributed by atoms with Crippen LogP contribution in [0.4, 0.5) is 5.13 Å². The fourth-order valence-corrected chi connectivity index (χ4v) is 3.07. The number of nitrogens with two attached hydrogens (primary N) is 1. The van der Waals surface area contributed by atoms with Crippen molar-refractivity contribution in [1.29, 1.82) is 0 Å². The number of carbonyl (C=O) groups excluding carboxylic acids is 1. The molecular weight excluding hydrogens is 280 g/mol. The maximum atomic E-state index is 12.0. The van der Waals surface area contributed by atoms with E-state index in [0.29, 0.717) is 10.8 Å². The molecule has 5 nitrogen and oxygen atoms in total. The Hall–Kier alpha value is -1.31. The van der Waals surface area contributed by atoms with Crippen LogP contribution in [-0.4, -0.2) is 15.9 Å². The smallest absolute Gasteiger partial charge is 0.249 e. The van der Waals surface area contributed by atoms with E-state index in [-0.39, 0.29) is 5.91 Å². The van der Waals surface area contributed by atoms with Crippen LogP contribution in [0, 0.1) is 13.8 Å². The molecule has 1 unspecified atom stereocenters. The Kier molecular flexibility index (Phi) is 4.28. The summed E-state index contributed by atoms with van der Waals surface area (Å²) in [5.74, 6) is -0.276. The molecule has 0 aromatic carbocycles. The lowest BCUT2D eigenvalue weighted by atomic mass is 10.2. The molecule has 0 saturated heterocycles. The quantitative estimate of drug-likeness (QED) is 0.908. The standard InChI is InChI=1S/C12H16N4OS2/c1-4-9-15-8(5-18-9)10(13)11(17)16-12-14-6(2)7(3)19-12/h5,10H,4,13H2,1-3H3,(H,14,16,17). The highest BCUT2D eigenvalue weighted by atomic mass is 32.1. The van der Waals surface area contributed by atoms with Gasteiger partial charge in [0.05, 0.1) is 16.4 Å². The molecule has 0 bridgehead atoms. The van der Waals surface area contributed by atoms with E-state index in [9.17, 15) is 4.79 Å². The summed E-state index contributed by atoms with van der Waals surface area (Å²) in [6.45, 7) is 5.90. The number of hydrogen-bond acceptors (Lipinski definition) is 6. The van der Waals surface area contributed by atoms with Gasteiger partial charge in [-0.2, -0.15) is 0 Å². The molecule has 7 heteroatoms. The van der Waals surface area contributed by atoms with Crippen LogP contribution in [0.1, 0.15) is 34.2 Å². The number of anilines is 1. The predicted octanol–water partition coefficient (Wildman–Crippen LogP) is 2.42. The average molecular weight is 296 g/mol. The second-order valence-corrected chi connectivity index (χ2v) is 6.29. The fraction of sp³-hybridized carbons (Fsp3) is 0.417. The molecule has 19 heavy (non-hydrogen) atoms. The molecule has 0 spiro atoms. The SMILES string of the molecule is CCc1nc(C(N)C(=O)Nc2nc(C)c(C)s2)cs1. The van der Waals surface area contributed by atoms with Crippen LogP contribution in [0.25, 0.3) is 0 Å². The molecular formula is C12H16N4OS2. The fourth-order valence-electron chi connectivity index (χ4n) is 1.47. The van der Waals surface area contributed by atoms with Gasteiger partial charge in [0.25, 0.3) is 0 Å². The second kappa shape index (κ2) is 5.77. The van der Waals surface area contributed by atoms with Crippen molar-refractivity contribution < 1.29 is 4.79 Å². The van der Waals surface area contributed by atoms with E-state index < -0.39 is 6.04 Å².